The summed E-state index contributed by atoms with van der Waals surface area (Å²) in [7, 11) is -4.12. The van der Waals surface area contributed by atoms with E-state index in [2.05, 4.69) is 5.32 Å². The highest BCUT2D eigenvalue weighted by molar-refractivity contribution is 7.92. The van der Waals surface area contributed by atoms with Crippen LogP contribution in [0.25, 0.3) is 0 Å². The Labute approximate surface area is 243 Å². The summed E-state index contributed by atoms with van der Waals surface area (Å²) in [6.45, 7) is 8.94. The molecule has 3 rings (SSSR count). The number of hydrogen-bond acceptors (Lipinski definition) is 4. The molecule has 0 aromatic heterocycles. The zero-order valence-electron chi connectivity index (χ0n) is 23.7. The molecule has 0 heterocycles. The van der Waals surface area contributed by atoms with E-state index in [-0.39, 0.29) is 23.4 Å². The van der Waals surface area contributed by atoms with Crippen LogP contribution in [0.5, 0.6) is 0 Å². The minimum atomic E-state index is -4.12. The molecule has 3 aromatic rings. The van der Waals surface area contributed by atoms with Crippen molar-refractivity contribution < 1.29 is 18.0 Å². The highest BCUT2D eigenvalue weighted by Crippen LogP contribution is 2.29. The van der Waals surface area contributed by atoms with Gasteiger partial charge in [0.25, 0.3) is 10.0 Å². The molecule has 0 aliphatic rings. The number of rotatable bonds is 12. The summed E-state index contributed by atoms with van der Waals surface area (Å²) in [5.74, 6) is -0.798. The Morgan fingerprint density at radius 1 is 0.925 bits per heavy atom. The third-order valence-electron chi connectivity index (χ3n) is 6.93. The second kappa shape index (κ2) is 13.8. The normalized spacial score (nSPS) is 12.8. The number of aryl methyl sites for hydroxylation is 2. The molecular formula is C31H38ClN3O4S. The van der Waals surface area contributed by atoms with Crippen LogP contribution in [0.4, 0.5) is 5.69 Å². The van der Waals surface area contributed by atoms with Gasteiger partial charge in [-0.1, -0.05) is 74.0 Å². The van der Waals surface area contributed by atoms with Crippen molar-refractivity contribution in [2.75, 3.05) is 10.8 Å². The van der Waals surface area contributed by atoms with E-state index in [0.717, 1.165) is 16.3 Å². The third kappa shape index (κ3) is 7.43. The summed E-state index contributed by atoms with van der Waals surface area (Å²) in [6, 6.07) is 19.7. The van der Waals surface area contributed by atoms with E-state index in [0.29, 0.717) is 28.3 Å². The molecule has 40 heavy (non-hydrogen) atoms. The fourth-order valence-electron chi connectivity index (χ4n) is 4.39. The Kier molecular flexibility index (Phi) is 10.8. The smallest absolute Gasteiger partial charge is 0.264 e. The van der Waals surface area contributed by atoms with Crippen LogP contribution in [-0.4, -0.2) is 43.8 Å². The van der Waals surface area contributed by atoms with Gasteiger partial charge in [0.15, 0.2) is 0 Å². The summed E-state index contributed by atoms with van der Waals surface area (Å²) in [5, 5.41) is 3.44. The minimum Gasteiger partial charge on any atom is -0.352 e. The molecule has 7 nitrogen and oxygen atoms in total. The lowest BCUT2D eigenvalue weighted by Gasteiger charge is -2.34. The van der Waals surface area contributed by atoms with Gasteiger partial charge in [-0.3, -0.25) is 13.9 Å². The topological polar surface area (TPSA) is 86.8 Å². The Hall–Kier alpha value is -3.36. The van der Waals surface area contributed by atoms with Crippen LogP contribution in [0.1, 0.15) is 50.3 Å². The van der Waals surface area contributed by atoms with Crippen molar-refractivity contribution in [2.45, 2.75) is 71.0 Å². The maximum absolute atomic E-state index is 14.2. The van der Waals surface area contributed by atoms with E-state index < -0.39 is 28.5 Å². The van der Waals surface area contributed by atoms with Gasteiger partial charge in [-0.25, -0.2) is 8.42 Å². The fraction of sp³-hybridized carbons (Fsp3) is 0.355. The zero-order valence-corrected chi connectivity index (χ0v) is 25.3. The molecule has 2 atom stereocenters. The summed E-state index contributed by atoms with van der Waals surface area (Å²) >= 11 is 6.45. The molecule has 0 spiro atoms. The molecule has 0 aliphatic heterocycles. The monoisotopic (exact) mass is 583 g/mol. The molecule has 0 bridgehead atoms. The number of anilines is 1. The molecule has 214 valence electrons. The quantitative estimate of drug-likeness (QED) is 0.289. The largest absolute Gasteiger partial charge is 0.352 e. The number of nitrogens with one attached hydrogen (secondary N) is 1. The van der Waals surface area contributed by atoms with Crippen LogP contribution in [0.15, 0.2) is 77.7 Å². The molecule has 0 fully saturated rings. The van der Waals surface area contributed by atoms with Crippen molar-refractivity contribution in [1.29, 1.82) is 0 Å². The van der Waals surface area contributed by atoms with E-state index in [9.17, 15) is 18.0 Å². The third-order valence-corrected chi connectivity index (χ3v) is 9.07. The highest BCUT2D eigenvalue weighted by atomic mass is 35.5. The first-order valence-electron chi connectivity index (χ1n) is 13.5. The van der Waals surface area contributed by atoms with Crippen molar-refractivity contribution in [2.24, 2.45) is 0 Å². The Bertz CT molecular complexity index is 1430. The zero-order chi connectivity index (χ0) is 29.4. The summed E-state index contributed by atoms with van der Waals surface area (Å²) in [6.07, 6.45) is 1.07. The molecule has 0 aliphatic carbocycles. The first-order chi connectivity index (χ1) is 19.0. The molecule has 0 saturated carbocycles. The van der Waals surface area contributed by atoms with E-state index in [1.54, 1.807) is 42.5 Å². The number of hydrogen-bond donors (Lipinski definition) is 1. The molecular weight excluding hydrogens is 546 g/mol. The molecule has 2 amide bonds. The average Bonchev–Trinajstić information content (AvgIpc) is 2.94. The van der Waals surface area contributed by atoms with Crippen LogP contribution in [-0.2, 0) is 26.2 Å². The van der Waals surface area contributed by atoms with Gasteiger partial charge in [0, 0.05) is 17.6 Å². The Balaban J connectivity index is 2.10. The fourth-order valence-corrected chi connectivity index (χ4v) is 6.08. The second-order valence-corrected chi connectivity index (χ2v) is 12.2. The van der Waals surface area contributed by atoms with Crippen LogP contribution in [0.2, 0.25) is 5.02 Å². The molecule has 0 unspecified atom stereocenters. The first kappa shape index (κ1) is 31.2. The van der Waals surface area contributed by atoms with Gasteiger partial charge >= 0.3 is 0 Å². The second-order valence-electron chi connectivity index (χ2n) is 9.97. The Morgan fingerprint density at radius 3 is 2.20 bits per heavy atom. The Morgan fingerprint density at radius 2 is 1.57 bits per heavy atom. The SMILES string of the molecule is CC[C@@H](C)NC(=O)[C@H](CC)N(Cc1ccccc1Cl)C(=O)CN(c1cc(C)ccc1C)S(=O)(=O)c1ccccc1. The van der Waals surface area contributed by atoms with E-state index >= 15 is 0 Å². The highest BCUT2D eigenvalue weighted by Gasteiger charge is 2.34. The lowest BCUT2D eigenvalue weighted by atomic mass is 10.1. The van der Waals surface area contributed by atoms with Gasteiger partial charge in [-0.2, -0.15) is 0 Å². The van der Waals surface area contributed by atoms with Gasteiger partial charge in [-0.05, 0) is 74.6 Å². The number of carbonyl (C=O) groups excluding carboxylic acids is 2. The number of nitrogens with zero attached hydrogens (tertiary/aromatic N) is 2. The van der Waals surface area contributed by atoms with Crippen molar-refractivity contribution >= 4 is 39.1 Å². The van der Waals surface area contributed by atoms with Crippen LogP contribution >= 0.6 is 11.6 Å². The van der Waals surface area contributed by atoms with Gasteiger partial charge in [0.1, 0.15) is 12.6 Å². The number of benzene rings is 3. The maximum Gasteiger partial charge on any atom is 0.264 e. The van der Waals surface area contributed by atoms with Crippen LogP contribution < -0.4 is 9.62 Å². The van der Waals surface area contributed by atoms with Crippen molar-refractivity contribution in [3.05, 3.63) is 94.5 Å². The van der Waals surface area contributed by atoms with Crippen molar-refractivity contribution in [3.8, 4) is 0 Å². The summed E-state index contributed by atoms with van der Waals surface area (Å²) in [4.78, 5) is 29.1. The van der Waals surface area contributed by atoms with Crippen molar-refractivity contribution in [3.63, 3.8) is 0 Å². The minimum absolute atomic E-state index is 0.0525. The van der Waals surface area contributed by atoms with Crippen LogP contribution in [0, 0.1) is 13.8 Å². The average molecular weight is 584 g/mol. The van der Waals surface area contributed by atoms with Gasteiger partial charge in [-0.15, -0.1) is 0 Å². The number of halogens is 1. The predicted octanol–water partition coefficient (Wildman–Crippen LogP) is 5.87. The van der Waals surface area contributed by atoms with Gasteiger partial charge in [0.2, 0.25) is 11.8 Å². The van der Waals surface area contributed by atoms with Gasteiger partial charge < -0.3 is 10.2 Å². The number of carbonyl (C=O) groups is 2. The van der Waals surface area contributed by atoms with Crippen LogP contribution in [0.3, 0.4) is 0 Å². The number of amides is 2. The lowest BCUT2D eigenvalue weighted by molar-refractivity contribution is -0.140. The molecule has 9 heteroatoms. The summed E-state index contributed by atoms with van der Waals surface area (Å²) < 4.78 is 29.1. The standard InChI is InChI=1S/C31H38ClN3O4S/c1-6-24(5)33-31(37)28(7-2)34(20-25-13-11-12-16-27(25)32)30(36)21-35(29-19-22(3)17-18-23(29)4)40(38,39)26-14-9-8-10-15-26/h8-19,24,28H,6-7,20-21H2,1-5H3,(H,33,37)/t24-,28+/m1/s1. The van der Waals surface area contributed by atoms with Gasteiger partial charge in [0.05, 0.1) is 10.6 Å². The molecule has 0 radical (unpaired) electrons. The molecule has 3 aromatic carbocycles. The summed E-state index contributed by atoms with van der Waals surface area (Å²) in [5.41, 5.74) is 2.63. The molecule has 0 saturated heterocycles. The van der Waals surface area contributed by atoms with Crippen molar-refractivity contribution in [1.82, 2.24) is 10.2 Å². The number of sulfonamides is 1. The molecule has 1 N–H and O–H groups in total. The van der Waals surface area contributed by atoms with E-state index in [1.807, 2.05) is 52.8 Å². The lowest BCUT2D eigenvalue weighted by Crippen LogP contribution is -2.53. The predicted molar refractivity (Wildman–Crippen MR) is 161 cm³/mol. The van der Waals surface area contributed by atoms with E-state index in [4.69, 9.17) is 11.6 Å². The first-order valence-corrected chi connectivity index (χ1v) is 15.3. The maximum atomic E-state index is 14.2. The van der Waals surface area contributed by atoms with E-state index in [1.165, 1.54) is 17.0 Å².